The molecule has 1 aliphatic heterocycles. The molecule has 1 aliphatic rings. The molecular formula is C27H25BrN2O3S. The number of carbonyl (C=O) groups is 1. The Kier molecular flexibility index (Phi) is 8.08. The Bertz CT molecular complexity index is 1210. The first-order chi connectivity index (χ1) is 16.6. The SMILES string of the molecule is CCOc1c(Br)cc(/C=C2\SC(=NCc3ccccc3)N(Cc3ccccc3)C2=O)cc1OC. The van der Waals surface area contributed by atoms with Gasteiger partial charge in [-0.05, 0) is 69.5 Å². The number of amidine groups is 1. The van der Waals surface area contributed by atoms with Crippen LogP contribution in [-0.2, 0) is 17.9 Å². The van der Waals surface area contributed by atoms with E-state index in [1.807, 2.05) is 85.8 Å². The molecule has 1 fully saturated rings. The molecule has 5 nitrogen and oxygen atoms in total. The number of hydrogen-bond acceptors (Lipinski definition) is 5. The van der Waals surface area contributed by atoms with E-state index < -0.39 is 0 Å². The third kappa shape index (κ3) is 5.72. The first-order valence-corrected chi connectivity index (χ1v) is 12.5. The Labute approximate surface area is 212 Å². The number of hydrogen-bond donors (Lipinski definition) is 0. The van der Waals surface area contributed by atoms with Crippen LogP contribution in [0.1, 0.15) is 23.6 Å². The quantitative estimate of drug-likeness (QED) is 0.307. The molecule has 0 aliphatic carbocycles. The monoisotopic (exact) mass is 536 g/mol. The number of aliphatic imine (C=N–C) groups is 1. The van der Waals surface area contributed by atoms with E-state index in [0.29, 0.717) is 41.3 Å². The lowest BCUT2D eigenvalue weighted by Crippen LogP contribution is -2.28. The van der Waals surface area contributed by atoms with Gasteiger partial charge in [-0.1, -0.05) is 60.7 Å². The lowest BCUT2D eigenvalue weighted by atomic mass is 10.1. The highest BCUT2D eigenvalue weighted by Crippen LogP contribution is 2.39. The zero-order valence-electron chi connectivity index (χ0n) is 19.0. The van der Waals surface area contributed by atoms with Gasteiger partial charge in [-0.25, -0.2) is 0 Å². The molecule has 7 heteroatoms. The van der Waals surface area contributed by atoms with E-state index in [2.05, 4.69) is 15.9 Å². The summed E-state index contributed by atoms with van der Waals surface area (Å²) in [6, 6.07) is 23.8. The molecule has 34 heavy (non-hydrogen) atoms. The lowest BCUT2D eigenvalue weighted by molar-refractivity contribution is -0.122. The maximum atomic E-state index is 13.4. The summed E-state index contributed by atoms with van der Waals surface area (Å²) in [7, 11) is 1.60. The van der Waals surface area contributed by atoms with Crippen LogP contribution in [0.15, 0.2) is 87.2 Å². The predicted molar refractivity (Wildman–Crippen MR) is 142 cm³/mol. The fourth-order valence-electron chi connectivity index (χ4n) is 3.53. The van der Waals surface area contributed by atoms with Gasteiger partial charge in [0.2, 0.25) is 0 Å². The van der Waals surface area contributed by atoms with Gasteiger partial charge in [0.1, 0.15) is 0 Å². The van der Waals surface area contributed by atoms with E-state index in [1.54, 1.807) is 12.0 Å². The van der Waals surface area contributed by atoms with E-state index in [4.69, 9.17) is 14.5 Å². The van der Waals surface area contributed by atoms with Crippen molar-refractivity contribution < 1.29 is 14.3 Å². The van der Waals surface area contributed by atoms with Gasteiger partial charge in [0.15, 0.2) is 16.7 Å². The van der Waals surface area contributed by atoms with E-state index in [9.17, 15) is 4.79 Å². The molecule has 3 aromatic carbocycles. The number of ether oxygens (including phenoxy) is 2. The molecule has 1 heterocycles. The standard InChI is InChI=1S/C27H25BrN2O3S/c1-3-33-25-22(28)14-21(15-23(25)32-2)16-24-26(31)30(18-20-12-8-5-9-13-20)27(34-24)29-17-19-10-6-4-7-11-19/h4-16H,3,17-18H2,1-2H3/b24-16-,29-27?. The molecule has 0 atom stereocenters. The number of nitrogens with zero attached hydrogens (tertiary/aromatic N) is 2. The van der Waals surface area contributed by atoms with Gasteiger partial charge in [-0.3, -0.25) is 14.7 Å². The van der Waals surface area contributed by atoms with Crippen molar-refractivity contribution in [3.63, 3.8) is 0 Å². The second kappa shape index (κ2) is 11.4. The highest BCUT2D eigenvalue weighted by molar-refractivity contribution is 9.10. The second-order valence-electron chi connectivity index (χ2n) is 7.54. The van der Waals surface area contributed by atoms with Crippen LogP contribution in [0.5, 0.6) is 11.5 Å². The average Bonchev–Trinajstić information content (AvgIpc) is 3.14. The molecule has 0 radical (unpaired) electrons. The zero-order valence-corrected chi connectivity index (χ0v) is 21.4. The molecule has 0 bridgehead atoms. The molecule has 0 unspecified atom stereocenters. The number of methoxy groups -OCH3 is 1. The smallest absolute Gasteiger partial charge is 0.267 e. The van der Waals surface area contributed by atoms with Gasteiger partial charge >= 0.3 is 0 Å². The van der Waals surface area contributed by atoms with Crippen molar-refractivity contribution in [3.05, 3.63) is 98.9 Å². The summed E-state index contributed by atoms with van der Waals surface area (Å²) in [5, 5.41) is 0.695. The summed E-state index contributed by atoms with van der Waals surface area (Å²) in [4.78, 5) is 20.6. The Morgan fingerprint density at radius 3 is 2.35 bits per heavy atom. The lowest BCUT2D eigenvalue weighted by Gasteiger charge is -2.15. The molecular weight excluding hydrogens is 512 g/mol. The fourth-order valence-corrected chi connectivity index (χ4v) is 5.08. The van der Waals surface area contributed by atoms with E-state index in [-0.39, 0.29) is 5.91 Å². The van der Waals surface area contributed by atoms with Crippen molar-refractivity contribution in [3.8, 4) is 11.5 Å². The van der Waals surface area contributed by atoms with Gasteiger partial charge in [0, 0.05) is 0 Å². The van der Waals surface area contributed by atoms with Crippen LogP contribution in [0.25, 0.3) is 6.08 Å². The van der Waals surface area contributed by atoms with Crippen molar-refractivity contribution in [1.82, 2.24) is 4.90 Å². The van der Waals surface area contributed by atoms with Gasteiger partial charge < -0.3 is 9.47 Å². The van der Waals surface area contributed by atoms with E-state index >= 15 is 0 Å². The van der Waals surface area contributed by atoms with Crippen molar-refractivity contribution in [2.75, 3.05) is 13.7 Å². The van der Waals surface area contributed by atoms with E-state index in [0.717, 1.165) is 21.2 Å². The maximum Gasteiger partial charge on any atom is 0.267 e. The van der Waals surface area contributed by atoms with Crippen LogP contribution in [0.3, 0.4) is 0 Å². The van der Waals surface area contributed by atoms with Crippen LogP contribution < -0.4 is 9.47 Å². The predicted octanol–water partition coefficient (Wildman–Crippen LogP) is 6.53. The molecule has 4 rings (SSSR count). The molecule has 0 spiro atoms. The summed E-state index contributed by atoms with van der Waals surface area (Å²) in [5.41, 5.74) is 2.99. The number of halogens is 1. The van der Waals surface area contributed by atoms with Crippen LogP contribution in [-0.4, -0.2) is 29.7 Å². The summed E-state index contributed by atoms with van der Waals surface area (Å²) in [5.74, 6) is 1.19. The third-order valence-corrected chi connectivity index (χ3v) is 6.78. The van der Waals surface area contributed by atoms with Gasteiger partial charge in [-0.2, -0.15) is 0 Å². The first kappa shape index (κ1) is 24.1. The van der Waals surface area contributed by atoms with Gasteiger partial charge in [0.05, 0.1) is 36.2 Å². The maximum absolute atomic E-state index is 13.4. The Balaban J connectivity index is 1.66. The second-order valence-corrected chi connectivity index (χ2v) is 9.40. The van der Waals surface area contributed by atoms with Crippen molar-refractivity contribution in [1.29, 1.82) is 0 Å². The molecule has 1 amide bonds. The van der Waals surface area contributed by atoms with Crippen molar-refractivity contribution in [2.45, 2.75) is 20.0 Å². The van der Waals surface area contributed by atoms with Crippen LogP contribution in [0, 0.1) is 0 Å². The highest BCUT2D eigenvalue weighted by Gasteiger charge is 2.33. The highest BCUT2D eigenvalue weighted by atomic mass is 79.9. The number of rotatable bonds is 8. The molecule has 3 aromatic rings. The number of amides is 1. The topological polar surface area (TPSA) is 51.1 Å². The van der Waals surface area contributed by atoms with E-state index in [1.165, 1.54) is 11.8 Å². The normalized spacial score (nSPS) is 15.9. The largest absolute Gasteiger partial charge is 0.493 e. The Morgan fingerprint density at radius 2 is 1.71 bits per heavy atom. The number of thioether (sulfide) groups is 1. The van der Waals surface area contributed by atoms with Crippen LogP contribution in [0.4, 0.5) is 0 Å². The summed E-state index contributed by atoms with van der Waals surface area (Å²) in [6.45, 7) is 3.43. The molecule has 0 N–H and O–H groups in total. The molecule has 1 saturated heterocycles. The van der Waals surface area contributed by atoms with Crippen molar-refractivity contribution in [2.24, 2.45) is 4.99 Å². The minimum atomic E-state index is -0.0651. The molecule has 0 aromatic heterocycles. The summed E-state index contributed by atoms with van der Waals surface area (Å²) >= 11 is 4.96. The third-order valence-electron chi connectivity index (χ3n) is 5.15. The number of carbonyl (C=O) groups excluding carboxylic acids is 1. The zero-order chi connectivity index (χ0) is 23.9. The summed E-state index contributed by atoms with van der Waals surface area (Å²) < 4.78 is 12.0. The Morgan fingerprint density at radius 1 is 1.03 bits per heavy atom. The first-order valence-electron chi connectivity index (χ1n) is 10.9. The molecule has 0 saturated carbocycles. The fraction of sp³-hybridized carbons (Fsp3) is 0.185. The van der Waals surface area contributed by atoms with Crippen molar-refractivity contribution >= 4 is 44.8 Å². The van der Waals surface area contributed by atoms with Gasteiger partial charge in [-0.15, -0.1) is 0 Å². The minimum Gasteiger partial charge on any atom is -0.493 e. The average molecular weight is 537 g/mol. The Hall–Kier alpha value is -3.03. The minimum absolute atomic E-state index is 0.0651. The van der Waals surface area contributed by atoms with Crippen LogP contribution >= 0.6 is 27.7 Å². The van der Waals surface area contributed by atoms with Gasteiger partial charge in [0.25, 0.3) is 5.91 Å². The summed E-state index contributed by atoms with van der Waals surface area (Å²) in [6.07, 6.45) is 1.87. The number of benzene rings is 3. The van der Waals surface area contributed by atoms with Crippen LogP contribution in [0.2, 0.25) is 0 Å². The molecule has 174 valence electrons.